The summed E-state index contributed by atoms with van der Waals surface area (Å²) >= 11 is 6.03. The van der Waals surface area contributed by atoms with Gasteiger partial charge in [-0.05, 0) is 24.3 Å². The van der Waals surface area contributed by atoms with Crippen LogP contribution in [-0.2, 0) is 9.59 Å². The molecule has 1 saturated heterocycles. The molecular weight excluding hydrogens is 378 g/mol. The number of rotatable bonds is 5. The zero-order chi connectivity index (χ0) is 18.8. The number of carbonyl (C=O) groups excluding carboxylic acids is 2. The number of thiocarbonyl (C=S) groups is 1. The van der Waals surface area contributed by atoms with Crippen molar-refractivity contribution < 1.29 is 19.6 Å². The molecule has 3 rings (SSSR count). The molecule has 10 heteroatoms. The zero-order valence-electron chi connectivity index (χ0n) is 13.0. The number of amides is 1. The van der Waals surface area contributed by atoms with E-state index in [-0.39, 0.29) is 14.9 Å². The van der Waals surface area contributed by atoms with Gasteiger partial charge in [0.2, 0.25) is 0 Å². The van der Waals surface area contributed by atoms with Crippen LogP contribution in [0.15, 0.2) is 47.5 Å². The molecule has 0 aliphatic carbocycles. The summed E-state index contributed by atoms with van der Waals surface area (Å²) in [6.07, 6.45) is 3.26. The van der Waals surface area contributed by atoms with Gasteiger partial charge in [0.25, 0.3) is 11.6 Å². The number of non-ortho nitro benzene ring substituents is 1. The molecule has 0 radical (unpaired) electrons. The van der Waals surface area contributed by atoms with Crippen molar-refractivity contribution in [3.8, 4) is 5.69 Å². The smallest absolute Gasteiger partial charge is 0.271 e. The maximum atomic E-state index is 12.3. The number of benzene rings is 1. The quantitative estimate of drug-likeness (QED) is 0.329. The average Bonchev–Trinajstić information content (AvgIpc) is 3.15. The van der Waals surface area contributed by atoms with Crippen LogP contribution in [0.4, 0.5) is 5.69 Å². The van der Waals surface area contributed by atoms with Crippen molar-refractivity contribution in [3.05, 3.63) is 63.3 Å². The fraction of sp³-hybridized carbons (Fsp3) is 0.0625. The summed E-state index contributed by atoms with van der Waals surface area (Å²) in [5.41, 5.74) is 1.10. The predicted molar refractivity (Wildman–Crippen MR) is 97.3 cm³/mol. The highest BCUT2D eigenvalue weighted by Crippen LogP contribution is 2.32. The lowest BCUT2D eigenvalue weighted by Gasteiger charge is -2.14. The number of hydrogen-bond acceptors (Lipinski definition) is 7. The topological polar surface area (TPSA) is 109 Å². The number of aromatic nitrogens is 1. The molecule has 0 spiro atoms. The second-order valence-electron chi connectivity index (χ2n) is 5.22. The van der Waals surface area contributed by atoms with E-state index >= 15 is 0 Å². The number of aliphatic carboxylic acids is 1. The minimum Gasteiger partial charge on any atom is -0.548 e. The number of carboxylic acids is 1. The molecule has 1 aliphatic rings. The largest absolute Gasteiger partial charge is 0.548 e. The second-order valence-corrected chi connectivity index (χ2v) is 6.90. The van der Waals surface area contributed by atoms with Crippen LogP contribution in [0.5, 0.6) is 0 Å². The van der Waals surface area contributed by atoms with Crippen LogP contribution in [0.1, 0.15) is 5.69 Å². The fourth-order valence-electron chi connectivity index (χ4n) is 2.40. The van der Waals surface area contributed by atoms with E-state index in [1.807, 2.05) is 0 Å². The normalized spacial score (nSPS) is 15.7. The Hall–Kier alpha value is -2.98. The Balaban J connectivity index is 1.95. The molecule has 8 nitrogen and oxygen atoms in total. The summed E-state index contributed by atoms with van der Waals surface area (Å²) in [5.74, 6) is -1.92. The van der Waals surface area contributed by atoms with E-state index < -0.39 is 23.3 Å². The van der Waals surface area contributed by atoms with E-state index in [0.29, 0.717) is 11.4 Å². The van der Waals surface area contributed by atoms with E-state index in [1.165, 1.54) is 12.1 Å². The van der Waals surface area contributed by atoms with Crippen LogP contribution in [0.2, 0.25) is 0 Å². The predicted octanol–water partition coefficient (Wildman–Crippen LogP) is 1.34. The Morgan fingerprint density at radius 1 is 1.31 bits per heavy atom. The Morgan fingerprint density at radius 3 is 2.77 bits per heavy atom. The zero-order valence-corrected chi connectivity index (χ0v) is 14.7. The van der Waals surface area contributed by atoms with Crippen LogP contribution < -0.4 is 5.11 Å². The number of nitro groups is 1. The summed E-state index contributed by atoms with van der Waals surface area (Å²) in [6, 6.07) is 9.52. The van der Waals surface area contributed by atoms with Crippen molar-refractivity contribution in [1.82, 2.24) is 9.47 Å². The minimum atomic E-state index is -1.40. The molecular formula is C16H10N3O5S2-. The van der Waals surface area contributed by atoms with Crippen molar-refractivity contribution in [1.29, 1.82) is 0 Å². The number of nitrogens with zero attached hydrogens (tertiary/aromatic N) is 3. The van der Waals surface area contributed by atoms with Crippen LogP contribution in [0.3, 0.4) is 0 Å². The first-order valence-electron chi connectivity index (χ1n) is 7.24. The third-order valence-corrected chi connectivity index (χ3v) is 4.92. The molecule has 0 N–H and O–H groups in total. The molecule has 1 aliphatic heterocycles. The lowest BCUT2D eigenvalue weighted by Crippen LogP contribution is -2.40. The van der Waals surface area contributed by atoms with Crippen LogP contribution in [0, 0.1) is 10.1 Å². The fourth-order valence-corrected chi connectivity index (χ4v) is 3.64. The summed E-state index contributed by atoms with van der Waals surface area (Å²) < 4.78 is 1.82. The highest BCUT2D eigenvalue weighted by molar-refractivity contribution is 8.26. The van der Waals surface area contributed by atoms with Crippen LogP contribution in [-0.4, -0.2) is 37.1 Å². The van der Waals surface area contributed by atoms with Gasteiger partial charge in [0.15, 0.2) is 0 Å². The molecule has 2 heterocycles. The standard InChI is InChI=1S/C16H11N3O5S2/c20-14(21)9-18-15(22)13(26-16(18)25)8-11-5-2-6-17(11)10-3-1-4-12(7-10)19(23)24/h1-8H,9H2,(H,20,21)/p-1/b13-8+. The molecule has 1 aromatic heterocycles. The van der Waals surface area contributed by atoms with Gasteiger partial charge in [-0.25, -0.2) is 0 Å². The van der Waals surface area contributed by atoms with Gasteiger partial charge in [-0.2, -0.15) is 0 Å². The molecule has 0 atom stereocenters. The lowest BCUT2D eigenvalue weighted by molar-refractivity contribution is -0.384. The highest BCUT2D eigenvalue weighted by atomic mass is 32.2. The van der Waals surface area contributed by atoms with Crippen LogP contribution in [0.25, 0.3) is 11.8 Å². The third-order valence-electron chi connectivity index (χ3n) is 3.54. The molecule has 132 valence electrons. The van der Waals surface area contributed by atoms with Gasteiger partial charge >= 0.3 is 0 Å². The number of carbonyl (C=O) groups is 2. The maximum absolute atomic E-state index is 12.3. The first-order chi connectivity index (χ1) is 12.4. The van der Waals surface area contributed by atoms with E-state index in [4.69, 9.17) is 12.2 Å². The summed E-state index contributed by atoms with van der Waals surface area (Å²) in [6.45, 7) is -0.603. The number of nitro benzene ring substituents is 1. The van der Waals surface area contributed by atoms with E-state index in [0.717, 1.165) is 16.7 Å². The average molecular weight is 388 g/mol. The molecule has 0 saturated carbocycles. The number of hydrogen-bond donors (Lipinski definition) is 0. The van der Waals surface area contributed by atoms with Crippen molar-refractivity contribution in [3.63, 3.8) is 0 Å². The summed E-state index contributed by atoms with van der Waals surface area (Å²) in [7, 11) is 0. The van der Waals surface area contributed by atoms with Crippen molar-refractivity contribution in [2.45, 2.75) is 0 Å². The van der Waals surface area contributed by atoms with Gasteiger partial charge in [-0.3, -0.25) is 19.8 Å². The van der Waals surface area contributed by atoms with Crippen molar-refractivity contribution in [2.75, 3.05) is 6.54 Å². The lowest BCUT2D eigenvalue weighted by atomic mass is 10.2. The van der Waals surface area contributed by atoms with Gasteiger partial charge in [0.05, 0.1) is 28.0 Å². The SMILES string of the molecule is O=C([O-])CN1C(=O)/C(=C\c2cccn2-c2cccc([N+](=O)[O-])c2)SC1=S. The number of carboxylic acid groups (broad SMARTS) is 1. The van der Waals surface area contributed by atoms with Gasteiger partial charge in [0, 0.05) is 24.0 Å². The Morgan fingerprint density at radius 2 is 2.08 bits per heavy atom. The van der Waals surface area contributed by atoms with Gasteiger partial charge in [-0.1, -0.05) is 30.0 Å². The number of thioether (sulfide) groups is 1. The highest BCUT2D eigenvalue weighted by Gasteiger charge is 2.32. The molecule has 26 heavy (non-hydrogen) atoms. The van der Waals surface area contributed by atoms with E-state index in [9.17, 15) is 24.8 Å². The van der Waals surface area contributed by atoms with E-state index in [2.05, 4.69) is 0 Å². The Bertz CT molecular complexity index is 966. The van der Waals surface area contributed by atoms with Gasteiger partial charge in [0.1, 0.15) is 4.32 Å². The van der Waals surface area contributed by atoms with Crippen LogP contribution >= 0.6 is 24.0 Å². The Kier molecular flexibility index (Phi) is 4.87. The van der Waals surface area contributed by atoms with Crippen molar-refractivity contribution >= 4 is 51.9 Å². The maximum Gasteiger partial charge on any atom is 0.271 e. The molecule has 0 bridgehead atoms. The monoisotopic (exact) mass is 388 g/mol. The third kappa shape index (κ3) is 3.51. The van der Waals surface area contributed by atoms with Gasteiger partial charge < -0.3 is 14.5 Å². The molecule has 1 fully saturated rings. The molecule has 2 aromatic rings. The summed E-state index contributed by atoms with van der Waals surface area (Å²) in [4.78, 5) is 34.8. The molecule has 1 amide bonds. The van der Waals surface area contributed by atoms with Gasteiger partial charge in [-0.15, -0.1) is 0 Å². The van der Waals surface area contributed by atoms with E-state index in [1.54, 1.807) is 41.1 Å². The molecule has 1 aromatic carbocycles. The Labute approximate surface area is 156 Å². The first-order valence-corrected chi connectivity index (χ1v) is 8.46. The second kappa shape index (κ2) is 7.10. The van der Waals surface area contributed by atoms with Crippen molar-refractivity contribution in [2.24, 2.45) is 0 Å². The summed E-state index contributed by atoms with van der Waals surface area (Å²) in [5, 5.41) is 21.7. The molecule has 0 unspecified atom stereocenters. The first kappa shape index (κ1) is 17.8. The minimum absolute atomic E-state index is 0.0533.